The number of nitrogens with one attached hydrogen (secondary N) is 1. The number of nitrogens with zero attached hydrogens (tertiary/aromatic N) is 3. The zero-order valence-electron chi connectivity index (χ0n) is 11.0. The predicted octanol–water partition coefficient (Wildman–Crippen LogP) is 1.08. The topological polar surface area (TPSA) is 63.4 Å². The van der Waals surface area contributed by atoms with Gasteiger partial charge in [-0.1, -0.05) is 5.10 Å². The molecule has 19 heavy (non-hydrogen) atoms. The molecule has 2 atom stereocenters. The second-order valence-corrected chi connectivity index (χ2v) is 5.73. The van der Waals surface area contributed by atoms with Gasteiger partial charge in [-0.2, -0.15) is 0 Å². The van der Waals surface area contributed by atoms with Crippen molar-refractivity contribution in [1.29, 1.82) is 0 Å². The molecule has 2 aliphatic carbocycles. The molecule has 1 aromatic heterocycles. The monoisotopic (exact) mass is 264 g/mol. The van der Waals surface area contributed by atoms with Crippen LogP contribution in [0.2, 0.25) is 0 Å². The van der Waals surface area contributed by atoms with Crippen LogP contribution in [0.5, 0.6) is 0 Å². The second-order valence-electron chi connectivity index (χ2n) is 5.73. The molecule has 0 amide bonds. The summed E-state index contributed by atoms with van der Waals surface area (Å²) in [6.07, 6.45) is 6.46. The van der Waals surface area contributed by atoms with Gasteiger partial charge in [-0.05, 0) is 32.1 Å². The molecule has 0 radical (unpaired) electrons. The molecule has 0 bridgehead atoms. The molecule has 6 nitrogen and oxygen atoms in total. The normalized spacial score (nSPS) is 30.6. The molecular formula is C13H20N4O2. The molecule has 0 aromatic carbocycles. The molecule has 2 unspecified atom stereocenters. The number of hydrogen-bond donors (Lipinski definition) is 1. The molecule has 1 aliphatic heterocycles. The molecule has 104 valence electrons. The molecule has 1 aromatic rings. The average molecular weight is 264 g/mol. The van der Waals surface area contributed by atoms with E-state index in [2.05, 4.69) is 20.4 Å². The third-order valence-electron chi connectivity index (χ3n) is 4.30. The molecule has 3 aliphatic rings. The van der Waals surface area contributed by atoms with Gasteiger partial charge in [0.15, 0.2) is 0 Å². The van der Waals surface area contributed by atoms with Gasteiger partial charge in [-0.15, -0.1) is 5.10 Å². The van der Waals surface area contributed by atoms with Gasteiger partial charge in [0.05, 0.1) is 25.3 Å². The smallest absolute Gasteiger partial charge is 0.318 e. The number of anilines is 1. The first-order valence-corrected chi connectivity index (χ1v) is 7.34. The van der Waals surface area contributed by atoms with E-state index in [1.807, 2.05) is 0 Å². The highest BCUT2D eigenvalue weighted by atomic mass is 16.5. The van der Waals surface area contributed by atoms with Crippen LogP contribution in [0.15, 0.2) is 4.42 Å². The van der Waals surface area contributed by atoms with Crippen molar-refractivity contribution in [2.75, 3.05) is 18.1 Å². The first-order chi connectivity index (χ1) is 9.40. The largest absolute Gasteiger partial charge is 0.407 e. The molecular weight excluding hydrogens is 244 g/mol. The number of morpholine rings is 1. The minimum absolute atomic E-state index is 0.355. The Hall–Kier alpha value is -1.14. The Labute approximate surface area is 112 Å². The fourth-order valence-electron chi connectivity index (χ4n) is 3.11. The van der Waals surface area contributed by atoms with Gasteiger partial charge in [0.1, 0.15) is 0 Å². The Morgan fingerprint density at radius 1 is 1.21 bits per heavy atom. The van der Waals surface area contributed by atoms with Crippen molar-refractivity contribution in [3.05, 3.63) is 5.89 Å². The molecule has 6 heteroatoms. The maximum absolute atomic E-state index is 5.80. The standard InChI is InChI=1S/C13H20N4O2/c1-2-10-11(3-1)18-7-6-17(10)13-16-15-12(19-13)8-14-9-4-5-9/h9-11,14H,1-8H2. The van der Waals surface area contributed by atoms with E-state index in [9.17, 15) is 0 Å². The summed E-state index contributed by atoms with van der Waals surface area (Å²) in [4.78, 5) is 2.24. The van der Waals surface area contributed by atoms with E-state index in [1.54, 1.807) is 0 Å². The number of ether oxygens (including phenoxy) is 1. The van der Waals surface area contributed by atoms with Gasteiger partial charge in [0.25, 0.3) is 0 Å². The van der Waals surface area contributed by atoms with E-state index >= 15 is 0 Å². The highest BCUT2D eigenvalue weighted by Gasteiger charge is 2.38. The van der Waals surface area contributed by atoms with Crippen molar-refractivity contribution in [2.45, 2.75) is 56.8 Å². The number of aromatic nitrogens is 2. The highest BCUT2D eigenvalue weighted by molar-refractivity contribution is 5.29. The van der Waals surface area contributed by atoms with Gasteiger partial charge in [0, 0.05) is 12.6 Å². The van der Waals surface area contributed by atoms with Crippen molar-refractivity contribution in [1.82, 2.24) is 15.5 Å². The Kier molecular flexibility index (Phi) is 2.92. The number of rotatable bonds is 4. The van der Waals surface area contributed by atoms with E-state index in [0.717, 1.165) is 19.6 Å². The Balaban J connectivity index is 1.45. The maximum Gasteiger partial charge on any atom is 0.318 e. The van der Waals surface area contributed by atoms with Crippen LogP contribution in [0.1, 0.15) is 38.0 Å². The second kappa shape index (κ2) is 4.76. The number of fused-ring (bicyclic) bond motifs is 1. The lowest BCUT2D eigenvalue weighted by atomic mass is 10.1. The average Bonchev–Trinajstić information content (AvgIpc) is 2.96. The Morgan fingerprint density at radius 3 is 3.05 bits per heavy atom. The van der Waals surface area contributed by atoms with Crippen molar-refractivity contribution in [3.8, 4) is 0 Å². The van der Waals surface area contributed by atoms with Gasteiger partial charge >= 0.3 is 6.01 Å². The molecule has 0 spiro atoms. The van der Waals surface area contributed by atoms with E-state index in [4.69, 9.17) is 9.15 Å². The van der Waals surface area contributed by atoms with Crippen LogP contribution in [0.25, 0.3) is 0 Å². The van der Waals surface area contributed by atoms with Gasteiger partial charge in [-0.25, -0.2) is 0 Å². The first-order valence-electron chi connectivity index (χ1n) is 7.34. The van der Waals surface area contributed by atoms with Crippen LogP contribution in [0, 0.1) is 0 Å². The minimum atomic E-state index is 0.355. The van der Waals surface area contributed by atoms with Crippen molar-refractivity contribution in [3.63, 3.8) is 0 Å². The van der Waals surface area contributed by atoms with Crippen molar-refractivity contribution >= 4 is 6.01 Å². The summed E-state index contributed by atoms with van der Waals surface area (Å²) < 4.78 is 11.6. The molecule has 2 heterocycles. The van der Waals surface area contributed by atoms with Gasteiger partial charge in [0.2, 0.25) is 5.89 Å². The predicted molar refractivity (Wildman–Crippen MR) is 68.9 cm³/mol. The highest BCUT2D eigenvalue weighted by Crippen LogP contribution is 2.32. The van der Waals surface area contributed by atoms with E-state index < -0.39 is 0 Å². The van der Waals surface area contributed by atoms with Crippen LogP contribution in [0.3, 0.4) is 0 Å². The fraction of sp³-hybridized carbons (Fsp3) is 0.846. The summed E-state index contributed by atoms with van der Waals surface area (Å²) in [6.45, 7) is 2.31. The molecule has 4 rings (SSSR count). The maximum atomic E-state index is 5.80. The summed E-state index contributed by atoms with van der Waals surface area (Å²) in [5.74, 6) is 0.697. The van der Waals surface area contributed by atoms with Crippen LogP contribution in [0.4, 0.5) is 6.01 Å². The van der Waals surface area contributed by atoms with Crippen LogP contribution >= 0.6 is 0 Å². The van der Waals surface area contributed by atoms with E-state index in [-0.39, 0.29) is 0 Å². The Morgan fingerprint density at radius 2 is 2.16 bits per heavy atom. The van der Waals surface area contributed by atoms with E-state index in [0.29, 0.717) is 36.6 Å². The lowest BCUT2D eigenvalue weighted by molar-refractivity contribution is 0.0235. The first kappa shape index (κ1) is 11.7. The zero-order chi connectivity index (χ0) is 12.7. The summed E-state index contributed by atoms with van der Waals surface area (Å²) in [6, 6.07) is 1.77. The molecule has 1 N–H and O–H groups in total. The number of hydrogen-bond acceptors (Lipinski definition) is 6. The van der Waals surface area contributed by atoms with Crippen LogP contribution in [-0.4, -0.2) is 41.5 Å². The summed E-state index contributed by atoms with van der Waals surface area (Å²) in [5, 5.41) is 11.8. The molecule has 3 fully saturated rings. The fourth-order valence-corrected chi connectivity index (χ4v) is 3.11. The molecule has 2 saturated carbocycles. The van der Waals surface area contributed by atoms with E-state index in [1.165, 1.54) is 25.7 Å². The van der Waals surface area contributed by atoms with Gasteiger partial charge in [-0.3, -0.25) is 0 Å². The summed E-state index contributed by atoms with van der Waals surface area (Å²) >= 11 is 0. The Bertz CT molecular complexity index is 446. The SMILES string of the molecule is C1CC2OCCN(c3nnc(CNC4CC4)o3)C2C1. The lowest BCUT2D eigenvalue weighted by Crippen LogP contribution is -2.48. The van der Waals surface area contributed by atoms with Crippen molar-refractivity contribution in [2.24, 2.45) is 0 Å². The van der Waals surface area contributed by atoms with Crippen LogP contribution < -0.4 is 10.2 Å². The van der Waals surface area contributed by atoms with Crippen LogP contribution in [-0.2, 0) is 11.3 Å². The quantitative estimate of drug-likeness (QED) is 0.878. The third kappa shape index (κ3) is 2.34. The lowest BCUT2D eigenvalue weighted by Gasteiger charge is -2.36. The van der Waals surface area contributed by atoms with Gasteiger partial charge < -0.3 is 19.4 Å². The summed E-state index contributed by atoms with van der Waals surface area (Å²) in [5.41, 5.74) is 0. The zero-order valence-corrected chi connectivity index (χ0v) is 11.0. The minimum Gasteiger partial charge on any atom is -0.407 e. The third-order valence-corrected chi connectivity index (χ3v) is 4.30. The summed E-state index contributed by atoms with van der Waals surface area (Å²) in [7, 11) is 0. The van der Waals surface area contributed by atoms with Crippen molar-refractivity contribution < 1.29 is 9.15 Å². The molecule has 1 saturated heterocycles.